The van der Waals surface area contributed by atoms with Crippen molar-refractivity contribution in [1.29, 1.82) is 0 Å². The molecule has 0 amide bonds. The predicted molar refractivity (Wildman–Crippen MR) is 83.9 cm³/mol. The smallest absolute Gasteiger partial charge is 0.338 e. The molecule has 0 atom stereocenters. The Morgan fingerprint density at radius 2 is 2.04 bits per heavy atom. The van der Waals surface area contributed by atoms with Gasteiger partial charge in [0, 0.05) is 11.2 Å². The number of halogens is 1. The van der Waals surface area contributed by atoms with Gasteiger partial charge in [-0.25, -0.2) is 14.5 Å². The van der Waals surface area contributed by atoms with Gasteiger partial charge in [-0.2, -0.15) is 5.10 Å². The van der Waals surface area contributed by atoms with Crippen LogP contribution in [0.4, 0.5) is 0 Å². The van der Waals surface area contributed by atoms with E-state index in [0.29, 0.717) is 22.8 Å². The lowest BCUT2D eigenvalue weighted by Crippen LogP contribution is -2.07. The zero-order valence-corrected chi connectivity index (χ0v) is 12.8. The van der Waals surface area contributed by atoms with Gasteiger partial charge in [0.2, 0.25) is 0 Å². The molecule has 3 rings (SSSR count). The molecule has 6 nitrogen and oxygen atoms in total. The third-order valence-corrected chi connectivity index (χ3v) is 3.37. The molecule has 2 aromatic heterocycles. The van der Waals surface area contributed by atoms with Crippen molar-refractivity contribution in [2.45, 2.75) is 13.2 Å². The first-order valence-corrected chi connectivity index (χ1v) is 7.27. The highest BCUT2D eigenvalue weighted by Crippen LogP contribution is 2.11. The topological polar surface area (TPSA) is 69.9 Å². The molecule has 0 fully saturated rings. The number of pyridine rings is 1. The fourth-order valence-corrected chi connectivity index (χ4v) is 2.18. The molecule has 0 bridgehead atoms. The molecule has 0 radical (unpaired) electrons. The van der Waals surface area contributed by atoms with E-state index in [0.717, 1.165) is 5.56 Å². The summed E-state index contributed by atoms with van der Waals surface area (Å²) in [7, 11) is 0. The molecule has 2 heterocycles. The minimum Gasteiger partial charge on any atom is -0.456 e. The highest BCUT2D eigenvalue weighted by atomic mass is 35.5. The molecule has 0 N–H and O–H groups in total. The zero-order chi connectivity index (χ0) is 16.1. The van der Waals surface area contributed by atoms with E-state index in [9.17, 15) is 4.79 Å². The van der Waals surface area contributed by atoms with Crippen LogP contribution >= 0.6 is 11.6 Å². The van der Waals surface area contributed by atoms with E-state index in [2.05, 4.69) is 15.1 Å². The average Bonchev–Trinajstić information content (AvgIpc) is 3.06. The van der Waals surface area contributed by atoms with Crippen LogP contribution in [-0.4, -0.2) is 25.7 Å². The number of ether oxygens (including phenoxy) is 1. The van der Waals surface area contributed by atoms with E-state index in [1.54, 1.807) is 41.5 Å². The summed E-state index contributed by atoms with van der Waals surface area (Å²) >= 11 is 5.86. The molecule has 0 aliphatic heterocycles. The number of carbonyl (C=O) groups is 1. The van der Waals surface area contributed by atoms with Crippen LogP contribution in [0.1, 0.15) is 21.6 Å². The van der Waals surface area contributed by atoms with Gasteiger partial charge in [0.15, 0.2) is 0 Å². The summed E-state index contributed by atoms with van der Waals surface area (Å²) in [4.78, 5) is 20.0. The summed E-state index contributed by atoms with van der Waals surface area (Å²) in [5.41, 5.74) is 2.10. The van der Waals surface area contributed by atoms with Crippen LogP contribution in [0, 0.1) is 0 Å². The number of hydrogen-bond donors (Lipinski definition) is 0. The molecule has 0 aliphatic carbocycles. The van der Waals surface area contributed by atoms with Crippen LogP contribution in [0.2, 0.25) is 5.02 Å². The maximum absolute atomic E-state index is 12.0. The zero-order valence-electron chi connectivity index (χ0n) is 12.1. The summed E-state index contributed by atoms with van der Waals surface area (Å²) in [5.74, 6) is -0.404. The number of carbonyl (C=O) groups excluding carboxylic acids is 1. The van der Waals surface area contributed by atoms with Crippen LogP contribution in [0.5, 0.6) is 0 Å². The van der Waals surface area contributed by atoms with Gasteiger partial charge in [0.25, 0.3) is 0 Å². The van der Waals surface area contributed by atoms with Crippen LogP contribution in [0.3, 0.4) is 0 Å². The van der Waals surface area contributed by atoms with Gasteiger partial charge < -0.3 is 4.74 Å². The SMILES string of the molecule is O=C(OCc1cc(Cl)ccn1)c1ccc(Cn2cncn2)cc1. The standard InChI is InChI=1S/C16H13ClN4O2/c17-14-5-6-19-15(7-14)9-23-16(22)13-3-1-12(2-4-13)8-21-11-18-10-20-21/h1-7,10-11H,8-9H2. The largest absolute Gasteiger partial charge is 0.456 e. The number of esters is 1. The highest BCUT2D eigenvalue weighted by Gasteiger charge is 2.08. The van der Waals surface area contributed by atoms with Crippen molar-refractivity contribution in [2.75, 3.05) is 0 Å². The van der Waals surface area contributed by atoms with Gasteiger partial charge in [-0.15, -0.1) is 0 Å². The molecule has 0 saturated carbocycles. The van der Waals surface area contributed by atoms with Gasteiger partial charge in [0.1, 0.15) is 19.3 Å². The van der Waals surface area contributed by atoms with Crippen molar-refractivity contribution in [1.82, 2.24) is 19.7 Å². The second-order valence-corrected chi connectivity index (χ2v) is 5.27. The van der Waals surface area contributed by atoms with Gasteiger partial charge in [-0.1, -0.05) is 23.7 Å². The quantitative estimate of drug-likeness (QED) is 0.673. The van der Waals surface area contributed by atoms with Gasteiger partial charge >= 0.3 is 5.97 Å². The third-order valence-electron chi connectivity index (χ3n) is 3.13. The highest BCUT2D eigenvalue weighted by molar-refractivity contribution is 6.30. The van der Waals surface area contributed by atoms with Crippen molar-refractivity contribution >= 4 is 17.6 Å². The maximum Gasteiger partial charge on any atom is 0.338 e. The van der Waals surface area contributed by atoms with Crippen molar-refractivity contribution in [3.05, 3.63) is 77.1 Å². The monoisotopic (exact) mass is 328 g/mol. The van der Waals surface area contributed by atoms with E-state index in [4.69, 9.17) is 16.3 Å². The van der Waals surface area contributed by atoms with Crippen molar-refractivity contribution < 1.29 is 9.53 Å². The van der Waals surface area contributed by atoms with Crippen LogP contribution in [-0.2, 0) is 17.9 Å². The molecule has 0 spiro atoms. The lowest BCUT2D eigenvalue weighted by Gasteiger charge is -2.06. The fourth-order valence-electron chi connectivity index (χ4n) is 2.00. The van der Waals surface area contributed by atoms with Gasteiger partial charge in [-0.05, 0) is 29.8 Å². The summed E-state index contributed by atoms with van der Waals surface area (Å²) in [6.07, 6.45) is 4.69. The van der Waals surface area contributed by atoms with Gasteiger partial charge in [-0.3, -0.25) is 4.98 Å². The predicted octanol–water partition coefficient (Wildman–Crippen LogP) is 2.73. The Labute approximate surface area is 137 Å². The summed E-state index contributed by atoms with van der Waals surface area (Å²) in [5, 5.41) is 4.59. The normalized spacial score (nSPS) is 10.5. The molecule has 3 aromatic rings. The second-order valence-electron chi connectivity index (χ2n) is 4.83. The first-order chi connectivity index (χ1) is 11.2. The molecule has 0 unspecified atom stereocenters. The molecule has 0 aliphatic rings. The van der Waals surface area contributed by atoms with E-state index in [1.165, 1.54) is 6.33 Å². The maximum atomic E-state index is 12.0. The Bertz CT molecular complexity index is 788. The number of benzene rings is 1. The lowest BCUT2D eigenvalue weighted by atomic mass is 10.1. The first-order valence-electron chi connectivity index (χ1n) is 6.89. The Morgan fingerprint density at radius 1 is 1.22 bits per heavy atom. The molecule has 0 saturated heterocycles. The molecule has 116 valence electrons. The van der Waals surface area contributed by atoms with E-state index in [1.807, 2.05) is 12.1 Å². The first kappa shape index (κ1) is 15.2. The van der Waals surface area contributed by atoms with Crippen molar-refractivity contribution in [3.8, 4) is 0 Å². The number of hydrogen-bond acceptors (Lipinski definition) is 5. The van der Waals surface area contributed by atoms with Crippen molar-refractivity contribution in [3.63, 3.8) is 0 Å². The number of rotatable bonds is 5. The second kappa shape index (κ2) is 7.02. The van der Waals surface area contributed by atoms with Gasteiger partial charge in [0.05, 0.1) is 17.8 Å². The Kier molecular flexibility index (Phi) is 4.63. The van der Waals surface area contributed by atoms with E-state index >= 15 is 0 Å². The Hall–Kier alpha value is -2.73. The fraction of sp³-hybridized carbons (Fsp3) is 0.125. The minimum absolute atomic E-state index is 0.0834. The van der Waals surface area contributed by atoms with E-state index in [-0.39, 0.29) is 6.61 Å². The summed E-state index contributed by atoms with van der Waals surface area (Å²) < 4.78 is 6.93. The number of nitrogens with zero attached hydrogens (tertiary/aromatic N) is 4. The van der Waals surface area contributed by atoms with Crippen LogP contribution in [0.25, 0.3) is 0 Å². The van der Waals surface area contributed by atoms with E-state index < -0.39 is 5.97 Å². The van der Waals surface area contributed by atoms with Crippen LogP contribution < -0.4 is 0 Å². The molecule has 1 aromatic carbocycles. The average molecular weight is 329 g/mol. The molecule has 7 heteroatoms. The van der Waals surface area contributed by atoms with Crippen molar-refractivity contribution in [2.24, 2.45) is 0 Å². The third kappa shape index (κ3) is 4.14. The Balaban J connectivity index is 1.59. The molecular formula is C16H13ClN4O2. The molecular weight excluding hydrogens is 316 g/mol. The molecule has 23 heavy (non-hydrogen) atoms. The van der Waals surface area contributed by atoms with Crippen LogP contribution in [0.15, 0.2) is 55.2 Å². The minimum atomic E-state index is -0.404. The number of aromatic nitrogens is 4. The summed E-state index contributed by atoms with van der Waals surface area (Å²) in [6, 6.07) is 10.5. The summed E-state index contributed by atoms with van der Waals surface area (Å²) in [6.45, 7) is 0.682. The lowest BCUT2D eigenvalue weighted by molar-refractivity contribution is 0.0467. The Morgan fingerprint density at radius 3 is 2.74 bits per heavy atom.